The zero-order chi connectivity index (χ0) is 16.0. The van der Waals surface area contributed by atoms with Gasteiger partial charge in [0.15, 0.2) is 5.57 Å². The molecule has 0 radical (unpaired) electrons. The highest BCUT2D eigenvalue weighted by Crippen LogP contribution is 2.36. The molecule has 0 unspecified atom stereocenters. The normalized spacial score (nSPS) is 11.7. The maximum atomic E-state index is 12.7. The summed E-state index contributed by atoms with van der Waals surface area (Å²) in [5, 5.41) is 10.8. The lowest BCUT2D eigenvalue weighted by Gasteiger charge is -2.11. The number of alkyl halides is 3. The summed E-state index contributed by atoms with van der Waals surface area (Å²) in [6, 6.07) is 4.72. The molecule has 4 nitrogen and oxygen atoms in total. The molecular formula is C13H10ClF3N2O2. The van der Waals surface area contributed by atoms with Gasteiger partial charge in [-0.15, -0.1) is 0 Å². The first-order chi connectivity index (χ1) is 9.79. The third-order valence-electron chi connectivity index (χ3n) is 2.27. The van der Waals surface area contributed by atoms with Crippen LogP contribution < -0.4 is 5.32 Å². The van der Waals surface area contributed by atoms with Crippen molar-refractivity contribution in [1.82, 2.24) is 0 Å². The number of nitrogens with zero attached hydrogens (tertiary/aromatic N) is 1. The van der Waals surface area contributed by atoms with E-state index in [4.69, 9.17) is 16.9 Å². The average Bonchev–Trinajstić information content (AvgIpc) is 2.40. The summed E-state index contributed by atoms with van der Waals surface area (Å²) < 4.78 is 42.6. The SMILES string of the molecule is CCOC(=O)/C(C#N)=C/Nc1ccc(Cl)c(C(F)(F)F)c1. The maximum absolute atomic E-state index is 12.7. The summed E-state index contributed by atoms with van der Waals surface area (Å²) in [7, 11) is 0. The lowest BCUT2D eigenvalue weighted by atomic mass is 10.2. The molecule has 0 aliphatic rings. The van der Waals surface area contributed by atoms with Gasteiger partial charge in [0.2, 0.25) is 0 Å². The lowest BCUT2D eigenvalue weighted by Crippen LogP contribution is -2.09. The smallest absolute Gasteiger partial charge is 0.417 e. The Kier molecular flexibility index (Phi) is 5.61. The second kappa shape index (κ2) is 6.99. The van der Waals surface area contributed by atoms with Crippen LogP contribution in [0, 0.1) is 11.3 Å². The number of anilines is 1. The van der Waals surface area contributed by atoms with E-state index in [1.807, 2.05) is 0 Å². The molecule has 1 N–H and O–H groups in total. The quantitative estimate of drug-likeness (QED) is 0.522. The zero-order valence-electron chi connectivity index (χ0n) is 10.8. The molecule has 0 saturated heterocycles. The number of rotatable bonds is 4. The average molecular weight is 319 g/mol. The molecule has 0 amide bonds. The maximum Gasteiger partial charge on any atom is 0.417 e. The van der Waals surface area contributed by atoms with Crippen molar-refractivity contribution in [2.75, 3.05) is 11.9 Å². The summed E-state index contributed by atoms with van der Waals surface area (Å²) in [4.78, 5) is 11.3. The van der Waals surface area contributed by atoms with Crippen molar-refractivity contribution in [3.63, 3.8) is 0 Å². The van der Waals surface area contributed by atoms with Gasteiger partial charge in [-0.25, -0.2) is 4.79 Å². The Balaban J connectivity index is 2.99. The number of halogens is 4. The van der Waals surface area contributed by atoms with Gasteiger partial charge >= 0.3 is 12.1 Å². The van der Waals surface area contributed by atoms with Crippen molar-refractivity contribution in [1.29, 1.82) is 5.26 Å². The van der Waals surface area contributed by atoms with E-state index in [-0.39, 0.29) is 17.9 Å². The van der Waals surface area contributed by atoms with Gasteiger partial charge in [0.05, 0.1) is 17.2 Å². The minimum Gasteiger partial charge on any atom is -0.462 e. The molecule has 1 rings (SSSR count). The summed E-state index contributed by atoms with van der Waals surface area (Å²) in [5.41, 5.74) is -1.35. The molecule has 0 bridgehead atoms. The number of carbonyl (C=O) groups excluding carboxylic acids is 1. The van der Waals surface area contributed by atoms with Crippen LogP contribution in [-0.2, 0) is 15.7 Å². The fourth-order valence-corrected chi connectivity index (χ4v) is 1.56. The molecule has 0 saturated carbocycles. The summed E-state index contributed by atoms with van der Waals surface area (Å²) in [5.74, 6) is -0.863. The van der Waals surface area contributed by atoms with E-state index >= 15 is 0 Å². The van der Waals surface area contributed by atoms with E-state index in [0.717, 1.165) is 18.3 Å². The van der Waals surface area contributed by atoms with Crippen LogP contribution in [0.1, 0.15) is 12.5 Å². The Morgan fingerprint density at radius 1 is 1.52 bits per heavy atom. The third-order valence-corrected chi connectivity index (χ3v) is 2.60. The Morgan fingerprint density at radius 2 is 2.19 bits per heavy atom. The predicted molar refractivity (Wildman–Crippen MR) is 70.4 cm³/mol. The largest absolute Gasteiger partial charge is 0.462 e. The number of esters is 1. The molecule has 112 valence electrons. The number of carbonyl (C=O) groups is 1. The van der Waals surface area contributed by atoms with E-state index in [0.29, 0.717) is 0 Å². The number of benzene rings is 1. The van der Waals surface area contributed by atoms with Crippen molar-refractivity contribution in [3.05, 3.63) is 40.6 Å². The number of hydrogen-bond donors (Lipinski definition) is 1. The highest BCUT2D eigenvalue weighted by atomic mass is 35.5. The summed E-state index contributed by atoms with van der Waals surface area (Å²) in [6.07, 6.45) is -3.63. The highest BCUT2D eigenvalue weighted by molar-refractivity contribution is 6.31. The molecule has 0 heterocycles. The second-order valence-electron chi connectivity index (χ2n) is 3.73. The zero-order valence-corrected chi connectivity index (χ0v) is 11.5. The van der Waals surface area contributed by atoms with Crippen molar-refractivity contribution in [3.8, 4) is 6.07 Å². The molecule has 0 spiro atoms. The highest BCUT2D eigenvalue weighted by Gasteiger charge is 2.33. The topological polar surface area (TPSA) is 62.1 Å². The van der Waals surface area contributed by atoms with Crippen molar-refractivity contribution >= 4 is 23.3 Å². The number of nitrogens with one attached hydrogen (secondary N) is 1. The number of hydrogen-bond acceptors (Lipinski definition) is 4. The Bertz CT molecular complexity index is 606. The van der Waals surface area contributed by atoms with Crippen LogP contribution in [-0.4, -0.2) is 12.6 Å². The van der Waals surface area contributed by atoms with Crippen LogP contribution in [0.15, 0.2) is 30.0 Å². The molecule has 1 aromatic carbocycles. The molecule has 0 aromatic heterocycles. The molecule has 21 heavy (non-hydrogen) atoms. The van der Waals surface area contributed by atoms with E-state index < -0.39 is 22.7 Å². The first-order valence-corrected chi connectivity index (χ1v) is 6.08. The van der Waals surface area contributed by atoms with Crippen LogP contribution in [0.3, 0.4) is 0 Å². The molecule has 8 heteroatoms. The lowest BCUT2D eigenvalue weighted by molar-refractivity contribution is -0.138. The van der Waals surface area contributed by atoms with E-state index in [9.17, 15) is 18.0 Å². The van der Waals surface area contributed by atoms with Crippen LogP contribution in [0.4, 0.5) is 18.9 Å². The fourth-order valence-electron chi connectivity index (χ4n) is 1.33. The fraction of sp³-hybridized carbons (Fsp3) is 0.231. The van der Waals surface area contributed by atoms with Crippen LogP contribution in [0.25, 0.3) is 0 Å². The van der Waals surface area contributed by atoms with E-state index in [1.54, 1.807) is 13.0 Å². The van der Waals surface area contributed by atoms with Gasteiger partial charge in [-0.1, -0.05) is 11.6 Å². The van der Waals surface area contributed by atoms with Gasteiger partial charge in [0.25, 0.3) is 0 Å². The monoisotopic (exact) mass is 318 g/mol. The number of nitriles is 1. The van der Waals surface area contributed by atoms with E-state index in [1.165, 1.54) is 6.07 Å². The first kappa shape index (κ1) is 16.9. The molecule has 0 fully saturated rings. The van der Waals surface area contributed by atoms with Crippen molar-refractivity contribution in [2.45, 2.75) is 13.1 Å². The second-order valence-corrected chi connectivity index (χ2v) is 4.13. The third kappa shape index (κ3) is 4.68. The number of ether oxygens (including phenoxy) is 1. The first-order valence-electron chi connectivity index (χ1n) is 5.70. The van der Waals surface area contributed by atoms with Gasteiger partial charge in [-0.05, 0) is 25.1 Å². The predicted octanol–water partition coefficient (Wildman–Crippen LogP) is 3.74. The molecule has 0 atom stereocenters. The van der Waals surface area contributed by atoms with Crippen molar-refractivity contribution < 1.29 is 22.7 Å². The standard InChI is InChI=1S/C13H10ClF3N2O2/c1-2-21-12(20)8(6-18)7-19-9-3-4-11(14)10(5-9)13(15,16)17/h3-5,7,19H,2H2,1H3/b8-7+. The Morgan fingerprint density at radius 3 is 2.71 bits per heavy atom. The van der Waals surface area contributed by atoms with Crippen LogP contribution in [0.2, 0.25) is 5.02 Å². The molecule has 1 aromatic rings. The minimum atomic E-state index is -4.60. The summed E-state index contributed by atoms with van der Waals surface area (Å²) in [6.45, 7) is 1.64. The molecule has 0 aliphatic heterocycles. The Hall–Kier alpha value is -2.20. The van der Waals surface area contributed by atoms with Gasteiger partial charge in [-0.3, -0.25) is 0 Å². The van der Waals surface area contributed by atoms with Crippen LogP contribution >= 0.6 is 11.6 Å². The van der Waals surface area contributed by atoms with Gasteiger partial charge < -0.3 is 10.1 Å². The Labute approximate surface area is 123 Å². The van der Waals surface area contributed by atoms with Gasteiger partial charge in [0, 0.05) is 11.9 Å². The van der Waals surface area contributed by atoms with Crippen LogP contribution in [0.5, 0.6) is 0 Å². The van der Waals surface area contributed by atoms with E-state index in [2.05, 4.69) is 10.1 Å². The summed E-state index contributed by atoms with van der Waals surface area (Å²) >= 11 is 5.47. The van der Waals surface area contributed by atoms with Crippen molar-refractivity contribution in [2.24, 2.45) is 0 Å². The molecule has 0 aliphatic carbocycles. The molecular weight excluding hydrogens is 309 g/mol. The van der Waals surface area contributed by atoms with Gasteiger partial charge in [-0.2, -0.15) is 18.4 Å². The van der Waals surface area contributed by atoms with Gasteiger partial charge in [0.1, 0.15) is 6.07 Å². The minimum absolute atomic E-state index is 0.0313.